The molecule has 1 fully saturated rings. The fraction of sp³-hybridized carbons (Fsp3) is 0.333. The Morgan fingerprint density at radius 1 is 1.23 bits per heavy atom. The van der Waals surface area contributed by atoms with Crippen molar-refractivity contribution in [3.8, 4) is 11.4 Å². The summed E-state index contributed by atoms with van der Waals surface area (Å²) >= 11 is 0. The van der Waals surface area contributed by atoms with Gasteiger partial charge in [-0.2, -0.15) is 0 Å². The number of aromatic amines is 2. The second kappa shape index (κ2) is 6.36. The third-order valence-electron chi connectivity index (χ3n) is 4.98. The first kappa shape index (κ1) is 16.4. The Kier molecular flexibility index (Phi) is 4.02. The van der Waals surface area contributed by atoms with Crippen molar-refractivity contribution in [2.24, 2.45) is 0 Å². The summed E-state index contributed by atoms with van der Waals surface area (Å²) in [7, 11) is 0. The molecular weight excluding hydrogens is 335 g/mol. The molecule has 0 saturated heterocycles. The molecule has 1 aliphatic carbocycles. The highest BCUT2D eigenvalue weighted by Gasteiger charge is 2.46. The maximum atomic E-state index is 13.6. The Hall–Kier alpha value is -3.03. The van der Waals surface area contributed by atoms with Crippen LogP contribution in [-0.2, 0) is 5.41 Å². The van der Waals surface area contributed by atoms with Crippen LogP contribution in [0.15, 0.2) is 41.3 Å². The molecule has 26 heavy (non-hydrogen) atoms. The van der Waals surface area contributed by atoms with Gasteiger partial charge in [0.2, 0.25) is 0 Å². The van der Waals surface area contributed by atoms with E-state index in [0.717, 1.165) is 5.69 Å². The summed E-state index contributed by atoms with van der Waals surface area (Å²) in [6.07, 6.45) is 1.84. The van der Waals surface area contributed by atoms with Gasteiger partial charge in [0.15, 0.2) is 0 Å². The predicted octanol–water partition coefficient (Wildman–Crippen LogP) is 2.35. The number of halogens is 1. The zero-order valence-corrected chi connectivity index (χ0v) is 14.3. The smallest absolute Gasteiger partial charge is 0.267 e. The molecule has 3 aromatic rings. The Balaban J connectivity index is 1.49. The number of alkyl halides is 1. The third-order valence-corrected chi connectivity index (χ3v) is 4.98. The number of anilines is 1. The number of hydrogen-bond donors (Lipinski definition) is 3. The van der Waals surface area contributed by atoms with Gasteiger partial charge in [-0.15, -0.1) is 10.2 Å². The second-order valence-corrected chi connectivity index (χ2v) is 6.74. The molecule has 0 spiro atoms. The van der Waals surface area contributed by atoms with Gasteiger partial charge in [-0.05, 0) is 44.0 Å². The molecule has 0 radical (unpaired) electrons. The normalized spacial score (nSPS) is 22.0. The lowest BCUT2D eigenvalue weighted by Crippen LogP contribution is -2.48. The minimum Gasteiger partial charge on any atom is -0.368 e. The van der Waals surface area contributed by atoms with Crippen LogP contribution < -0.4 is 10.9 Å². The molecule has 4 rings (SSSR count). The lowest BCUT2D eigenvalue weighted by Gasteiger charge is -2.43. The summed E-state index contributed by atoms with van der Waals surface area (Å²) in [5.41, 5.74) is 2.18. The largest absolute Gasteiger partial charge is 0.368 e. The van der Waals surface area contributed by atoms with Gasteiger partial charge < -0.3 is 5.32 Å². The van der Waals surface area contributed by atoms with E-state index in [1.165, 1.54) is 0 Å². The Morgan fingerprint density at radius 2 is 2.08 bits per heavy atom. The minimum atomic E-state index is -0.791. The molecule has 3 heterocycles. The monoisotopic (exact) mass is 354 g/mol. The van der Waals surface area contributed by atoms with E-state index in [1.807, 2.05) is 18.2 Å². The summed E-state index contributed by atoms with van der Waals surface area (Å²) in [6.45, 7) is 2.26. The van der Waals surface area contributed by atoms with Crippen LogP contribution in [0.25, 0.3) is 11.4 Å². The van der Waals surface area contributed by atoms with E-state index in [2.05, 4.69) is 30.7 Å². The first-order chi connectivity index (χ1) is 12.6. The van der Waals surface area contributed by atoms with E-state index >= 15 is 0 Å². The average Bonchev–Trinajstić information content (AvgIpc) is 2.98. The number of rotatable bonds is 5. The van der Waals surface area contributed by atoms with Crippen LogP contribution in [0.4, 0.5) is 10.2 Å². The van der Waals surface area contributed by atoms with Gasteiger partial charge in [-0.1, -0.05) is 6.07 Å². The average molecular weight is 354 g/mol. The fourth-order valence-corrected chi connectivity index (χ4v) is 3.40. The van der Waals surface area contributed by atoms with Gasteiger partial charge >= 0.3 is 0 Å². The maximum absolute atomic E-state index is 13.6. The number of aromatic nitrogens is 5. The van der Waals surface area contributed by atoms with Crippen molar-refractivity contribution in [2.45, 2.75) is 31.4 Å². The van der Waals surface area contributed by atoms with Crippen molar-refractivity contribution in [3.05, 3.63) is 58.1 Å². The number of nitrogens with zero attached hydrogens (tertiary/aromatic N) is 3. The molecule has 3 N–H and O–H groups in total. The lowest BCUT2D eigenvalue weighted by molar-refractivity contribution is 0.0996. The number of hydrogen-bond acceptors (Lipinski definition) is 5. The Bertz CT molecular complexity index is 944. The van der Waals surface area contributed by atoms with Crippen molar-refractivity contribution in [1.29, 1.82) is 0 Å². The fourth-order valence-electron chi connectivity index (χ4n) is 3.40. The van der Waals surface area contributed by atoms with Crippen molar-refractivity contribution < 1.29 is 4.39 Å². The molecule has 0 unspecified atom stereocenters. The Labute approximate surface area is 149 Å². The van der Waals surface area contributed by atoms with Crippen molar-refractivity contribution in [1.82, 2.24) is 25.4 Å². The van der Waals surface area contributed by atoms with E-state index in [9.17, 15) is 9.18 Å². The maximum Gasteiger partial charge on any atom is 0.267 e. The van der Waals surface area contributed by atoms with Gasteiger partial charge in [-0.25, -0.2) is 4.39 Å². The standard InChI is InChI=1S/C18H19FN6O/c1-11-16(24-25-17(11)26)13-5-6-15(23-22-13)21-10-18(8-12(19)9-18)14-4-2-3-7-20-14/h2-7,12H,8-10H2,1H3,(H,21,23)(H2,24,25,26). The van der Waals surface area contributed by atoms with Crippen LogP contribution in [0.1, 0.15) is 24.1 Å². The highest BCUT2D eigenvalue weighted by atomic mass is 19.1. The molecular formula is C18H19FN6O. The van der Waals surface area contributed by atoms with Crippen molar-refractivity contribution in [2.75, 3.05) is 11.9 Å². The minimum absolute atomic E-state index is 0.174. The van der Waals surface area contributed by atoms with Crippen molar-refractivity contribution >= 4 is 5.82 Å². The zero-order valence-electron chi connectivity index (χ0n) is 14.3. The Morgan fingerprint density at radius 3 is 2.65 bits per heavy atom. The molecule has 0 amide bonds. The third kappa shape index (κ3) is 2.87. The topological polar surface area (TPSA) is 99.3 Å². The van der Waals surface area contributed by atoms with Crippen LogP contribution in [0.2, 0.25) is 0 Å². The van der Waals surface area contributed by atoms with Crippen LogP contribution in [-0.4, -0.2) is 38.1 Å². The van der Waals surface area contributed by atoms with Gasteiger partial charge in [0.05, 0.1) is 5.69 Å². The van der Waals surface area contributed by atoms with Crippen LogP contribution in [0.3, 0.4) is 0 Å². The molecule has 3 aromatic heterocycles. The van der Waals surface area contributed by atoms with Crippen LogP contribution >= 0.6 is 0 Å². The predicted molar refractivity (Wildman–Crippen MR) is 95.7 cm³/mol. The van der Waals surface area contributed by atoms with Gasteiger partial charge in [0.1, 0.15) is 17.7 Å². The van der Waals surface area contributed by atoms with E-state index < -0.39 is 6.17 Å². The molecule has 8 heteroatoms. The molecule has 0 aliphatic heterocycles. The summed E-state index contributed by atoms with van der Waals surface area (Å²) < 4.78 is 13.6. The number of nitrogens with one attached hydrogen (secondary N) is 3. The van der Waals surface area contributed by atoms with E-state index in [-0.39, 0.29) is 11.0 Å². The highest BCUT2D eigenvalue weighted by molar-refractivity contribution is 5.58. The summed E-state index contributed by atoms with van der Waals surface area (Å²) in [6, 6.07) is 9.30. The SMILES string of the molecule is Cc1c(-c2ccc(NCC3(c4ccccn4)CC(F)C3)nn2)[nH][nH]c1=O. The zero-order chi connectivity index (χ0) is 18.1. The molecule has 0 aromatic carbocycles. The molecule has 1 aliphatic rings. The first-order valence-electron chi connectivity index (χ1n) is 8.48. The van der Waals surface area contributed by atoms with Gasteiger partial charge in [-0.3, -0.25) is 20.0 Å². The molecule has 134 valence electrons. The molecule has 7 nitrogen and oxygen atoms in total. The van der Waals surface area contributed by atoms with Gasteiger partial charge in [0, 0.05) is 29.4 Å². The van der Waals surface area contributed by atoms with Crippen LogP contribution in [0, 0.1) is 6.92 Å². The molecule has 1 saturated carbocycles. The van der Waals surface area contributed by atoms with E-state index in [0.29, 0.717) is 42.2 Å². The second-order valence-electron chi connectivity index (χ2n) is 6.74. The number of H-pyrrole nitrogens is 2. The van der Waals surface area contributed by atoms with Crippen molar-refractivity contribution in [3.63, 3.8) is 0 Å². The highest BCUT2D eigenvalue weighted by Crippen LogP contribution is 2.44. The van der Waals surface area contributed by atoms with Crippen LogP contribution in [0.5, 0.6) is 0 Å². The summed E-state index contributed by atoms with van der Waals surface area (Å²) in [5.74, 6) is 0.599. The molecule has 0 atom stereocenters. The van der Waals surface area contributed by atoms with Gasteiger partial charge in [0.25, 0.3) is 5.56 Å². The lowest BCUT2D eigenvalue weighted by atomic mass is 9.65. The molecule has 0 bridgehead atoms. The summed E-state index contributed by atoms with van der Waals surface area (Å²) in [4.78, 5) is 15.9. The summed E-state index contributed by atoms with van der Waals surface area (Å²) in [5, 5.41) is 16.9. The quantitative estimate of drug-likeness (QED) is 0.653. The van der Waals surface area contributed by atoms with E-state index in [4.69, 9.17) is 0 Å². The number of pyridine rings is 1. The first-order valence-corrected chi connectivity index (χ1v) is 8.48. The van der Waals surface area contributed by atoms with E-state index in [1.54, 1.807) is 25.3 Å².